The van der Waals surface area contributed by atoms with Crippen LogP contribution in [0.2, 0.25) is 0 Å². The van der Waals surface area contributed by atoms with E-state index in [0.717, 1.165) is 18.6 Å². The maximum atomic E-state index is 12.9. The zero-order chi connectivity index (χ0) is 25.9. The summed E-state index contributed by atoms with van der Waals surface area (Å²) in [5, 5.41) is 6.99. The van der Waals surface area contributed by atoms with Gasteiger partial charge in [0.1, 0.15) is 11.5 Å². The van der Waals surface area contributed by atoms with Crippen LogP contribution in [0.3, 0.4) is 0 Å². The first-order valence-electron chi connectivity index (χ1n) is 11.2. The molecule has 1 aliphatic heterocycles. The standard InChI is InChI=1S/C24H22F6N2O4/c25-23(26,27)34-16-8-4-14(5-9-16)13-31-22(33)19-3-1-2-18(19)20-12-21(36-32-20)15-6-10-17(11-7-15)35-24(28,29)30/h4-11,18-19,21H,1-3,12-13H2,(H,31,33)/t18-,19-,21?/m1/s1. The Hall–Kier alpha value is -3.44. The molecule has 2 aliphatic rings. The molecule has 0 spiro atoms. The fraction of sp³-hybridized carbons (Fsp3) is 0.417. The van der Waals surface area contributed by atoms with Crippen LogP contribution in [0, 0.1) is 11.8 Å². The van der Waals surface area contributed by atoms with Crippen molar-refractivity contribution in [2.75, 3.05) is 0 Å². The number of alkyl halides is 6. The second-order valence-electron chi connectivity index (χ2n) is 8.55. The molecule has 194 valence electrons. The number of carbonyl (C=O) groups excluding carboxylic acids is 1. The summed E-state index contributed by atoms with van der Waals surface area (Å²) in [5.74, 6) is -1.33. The molecular weight excluding hydrogens is 494 g/mol. The lowest BCUT2D eigenvalue weighted by molar-refractivity contribution is -0.275. The van der Waals surface area contributed by atoms with Crippen molar-refractivity contribution in [3.05, 3.63) is 59.7 Å². The van der Waals surface area contributed by atoms with E-state index in [0.29, 0.717) is 24.0 Å². The van der Waals surface area contributed by atoms with Crippen LogP contribution in [-0.2, 0) is 16.2 Å². The van der Waals surface area contributed by atoms with E-state index in [-0.39, 0.29) is 35.8 Å². The van der Waals surface area contributed by atoms with Crippen LogP contribution >= 0.6 is 0 Å². The highest BCUT2D eigenvalue weighted by atomic mass is 19.4. The maximum absolute atomic E-state index is 12.9. The van der Waals surface area contributed by atoms with Crippen molar-refractivity contribution in [3.63, 3.8) is 0 Å². The van der Waals surface area contributed by atoms with Crippen molar-refractivity contribution in [2.45, 2.75) is 51.1 Å². The zero-order valence-corrected chi connectivity index (χ0v) is 18.7. The number of ether oxygens (including phenoxy) is 2. The van der Waals surface area contributed by atoms with Gasteiger partial charge in [-0.2, -0.15) is 0 Å². The van der Waals surface area contributed by atoms with Crippen molar-refractivity contribution in [1.29, 1.82) is 0 Å². The van der Waals surface area contributed by atoms with Gasteiger partial charge in [-0.05, 0) is 48.2 Å². The molecule has 1 unspecified atom stereocenters. The van der Waals surface area contributed by atoms with Gasteiger partial charge in [-0.25, -0.2) is 0 Å². The van der Waals surface area contributed by atoms with E-state index >= 15 is 0 Å². The van der Waals surface area contributed by atoms with Crippen LogP contribution in [0.1, 0.15) is 42.9 Å². The number of hydrogen-bond donors (Lipinski definition) is 1. The molecule has 1 aliphatic carbocycles. The Bertz CT molecular complexity index is 1080. The molecule has 4 rings (SSSR count). The molecule has 0 saturated heterocycles. The summed E-state index contributed by atoms with van der Waals surface area (Å²) in [7, 11) is 0. The fourth-order valence-electron chi connectivity index (χ4n) is 4.48. The molecule has 0 radical (unpaired) electrons. The molecule has 3 atom stereocenters. The van der Waals surface area contributed by atoms with Crippen molar-refractivity contribution in [2.24, 2.45) is 17.0 Å². The number of amides is 1. The summed E-state index contributed by atoms with van der Waals surface area (Å²) in [6.45, 7) is 0.145. The minimum atomic E-state index is -4.77. The molecule has 1 saturated carbocycles. The quantitative estimate of drug-likeness (QED) is 0.456. The SMILES string of the molecule is O=C(NCc1ccc(OC(F)(F)F)cc1)[C@@H]1CCC[C@H]1C1=NOC(c2ccc(OC(F)(F)F)cc2)C1. The number of benzene rings is 2. The summed E-state index contributed by atoms with van der Waals surface area (Å²) in [4.78, 5) is 18.4. The predicted molar refractivity (Wildman–Crippen MR) is 115 cm³/mol. The number of nitrogens with one attached hydrogen (secondary N) is 1. The molecule has 2 aromatic rings. The molecule has 1 amide bonds. The summed E-state index contributed by atoms with van der Waals surface area (Å²) < 4.78 is 81.6. The summed E-state index contributed by atoms with van der Waals surface area (Å²) in [6, 6.07) is 10.6. The van der Waals surface area contributed by atoms with Gasteiger partial charge in [-0.3, -0.25) is 4.79 Å². The van der Waals surface area contributed by atoms with Crippen LogP contribution in [0.25, 0.3) is 0 Å². The Morgan fingerprint density at radius 2 is 1.50 bits per heavy atom. The van der Waals surface area contributed by atoms with Crippen molar-refractivity contribution < 1.29 is 45.4 Å². The second-order valence-corrected chi connectivity index (χ2v) is 8.55. The second kappa shape index (κ2) is 10.3. The van der Waals surface area contributed by atoms with Gasteiger partial charge >= 0.3 is 12.7 Å². The van der Waals surface area contributed by atoms with Gasteiger partial charge in [0.25, 0.3) is 0 Å². The van der Waals surface area contributed by atoms with Crippen molar-refractivity contribution >= 4 is 11.6 Å². The fourth-order valence-corrected chi connectivity index (χ4v) is 4.48. The Balaban J connectivity index is 1.30. The number of nitrogens with zero attached hydrogens (tertiary/aromatic N) is 1. The third kappa shape index (κ3) is 6.82. The maximum Gasteiger partial charge on any atom is 0.573 e. The van der Waals surface area contributed by atoms with E-state index in [1.54, 1.807) is 0 Å². The van der Waals surface area contributed by atoms with E-state index in [1.165, 1.54) is 48.5 Å². The van der Waals surface area contributed by atoms with Crippen LogP contribution in [-0.4, -0.2) is 24.3 Å². The molecule has 6 nitrogen and oxygen atoms in total. The van der Waals surface area contributed by atoms with Crippen molar-refractivity contribution in [1.82, 2.24) is 5.32 Å². The lowest BCUT2D eigenvalue weighted by atomic mass is 9.87. The van der Waals surface area contributed by atoms with E-state index in [4.69, 9.17) is 4.84 Å². The lowest BCUT2D eigenvalue weighted by Crippen LogP contribution is -2.34. The number of hydrogen-bond acceptors (Lipinski definition) is 5. The molecule has 1 heterocycles. The van der Waals surface area contributed by atoms with Crippen LogP contribution in [0.5, 0.6) is 11.5 Å². The molecule has 36 heavy (non-hydrogen) atoms. The number of carbonyl (C=O) groups is 1. The molecule has 0 bridgehead atoms. The normalized spacial score (nSPS) is 22.1. The largest absolute Gasteiger partial charge is 0.573 e. The number of rotatable bonds is 7. The van der Waals surface area contributed by atoms with Gasteiger partial charge in [0.2, 0.25) is 5.91 Å². The van der Waals surface area contributed by atoms with Gasteiger partial charge in [0, 0.05) is 24.8 Å². The van der Waals surface area contributed by atoms with Crippen LogP contribution in [0.4, 0.5) is 26.3 Å². The highest BCUT2D eigenvalue weighted by molar-refractivity contribution is 5.93. The number of halogens is 6. The molecule has 0 aromatic heterocycles. The van der Waals surface area contributed by atoms with E-state index in [1.807, 2.05) is 0 Å². The average Bonchev–Trinajstić information content (AvgIpc) is 3.46. The van der Waals surface area contributed by atoms with Gasteiger partial charge in [-0.15, -0.1) is 26.3 Å². The first-order chi connectivity index (χ1) is 17.0. The highest BCUT2D eigenvalue weighted by Gasteiger charge is 2.39. The Kier molecular flexibility index (Phi) is 7.32. The summed E-state index contributed by atoms with van der Waals surface area (Å²) >= 11 is 0. The minimum absolute atomic E-state index is 0.134. The molecule has 2 aromatic carbocycles. The Morgan fingerprint density at radius 1 is 0.917 bits per heavy atom. The summed E-state index contributed by atoms with van der Waals surface area (Å²) in [6.07, 6.45) is -7.39. The van der Waals surface area contributed by atoms with Gasteiger partial charge < -0.3 is 19.6 Å². The highest BCUT2D eigenvalue weighted by Crippen LogP contribution is 2.39. The van der Waals surface area contributed by atoms with Crippen LogP contribution < -0.4 is 14.8 Å². The zero-order valence-electron chi connectivity index (χ0n) is 18.7. The monoisotopic (exact) mass is 516 g/mol. The van der Waals surface area contributed by atoms with Gasteiger partial charge in [0.05, 0.1) is 5.71 Å². The van der Waals surface area contributed by atoms with E-state index < -0.39 is 18.8 Å². The van der Waals surface area contributed by atoms with Crippen LogP contribution in [0.15, 0.2) is 53.7 Å². The average molecular weight is 516 g/mol. The molecule has 1 fully saturated rings. The van der Waals surface area contributed by atoms with E-state index in [9.17, 15) is 31.1 Å². The number of oxime groups is 1. The third-order valence-electron chi connectivity index (χ3n) is 6.08. The van der Waals surface area contributed by atoms with Crippen molar-refractivity contribution in [3.8, 4) is 11.5 Å². The Morgan fingerprint density at radius 3 is 2.08 bits per heavy atom. The first kappa shape index (κ1) is 25.6. The van der Waals surface area contributed by atoms with Gasteiger partial charge in [-0.1, -0.05) is 35.8 Å². The topological polar surface area (TPSA) is 69.2 Å². The summed E-state index contributed by atoms with van der Waals surface area (Å²) in [5.41, 5.74) is 1.98. The van der Waals surface area contributed by atoms with E-state index in [2.05, 4.69) is 19.9 Å². The third-order valence-corrected chi connectivity index (χ3v) is 6.08. The minimum Gasteiger partial charge on any atom is -0.406 e. The first-order valence-corrected chi connectivity index (χ1v) is 11.2. The molecule has 12 heteroatoms. The van der Waals surface area contributed by atoms with Gasteiger partial charge in [0.15, 0.2) is 6.10 Å². The molecule has 1 N–H and O–H groups in total. The predicted octanol–water partition coefficient (Wildman–Crippen LogP) is 6.03. The Labute approximate surface area is 202 Å². The lowest BCUT2D eigenvalue weighted by Gasteiger charge is -2.19. The molecular formula is C24H22F6N2O4. The smallest absolute Gasteiger partial charge is 0.406 e.